The average Bonchev–Trinajstić information content (AvgIpc) is 3.88. The van der Waals surface area contributed by atoms with Crippen molar-refractivity contribution in [3.05, 3.63) is 273 Å². The normalized spacial score (nSPS) is 11.4. The molecule has 13 aromatic rings. The van der Waals surface area contributed by atoms with Gasteiger partial charge in [0, 0.05) is 28.0 Å². The molecule has 0 fully saturated rings. The number of hydrogen-bond donors (Lipinski definition) is 0. The Kier molecular flexibility index (Phi) is 10.2. The van der Waals surface area contributed by atoms with E-state index in [0.717, 1.165) is 56.0 Å². The highest BCUT2D eigenvalue weighted by atomic mass is 16.3. The largest absolute Gasteiger partial charge is 0.456 e. The van der Waals surface area contributed by atoms with Crippen molar-refractivity contribution in [3.8, 4) is 67.0 Å². The van der Waals surface area contributed by atoms with Crippen molar-refractivity contribution >= 4 is 60.3 Å². The summed E-state index contributed by atoms with van der Waals surface area (Å²) in [6.45, 7) is 0. The molecule has 0 aliphatic carbocycles. The van der Waals surface area contributed by atoms with Crippen molar-refractivity contribution in [2.45, 2.75) is 0 Å². The van der Waals surface area contributed by atoms with E-state index in [9.17, 15) is 0 Å². The van der Waals surface area contributed by atoms with Gasteiger partial charge in [-0.05, 0) is 149 Å². The molecule has 328 valence electrons. The summed E-state index contributed by atoms with van der Waals surface area (Å²) in [6.07, 6.45) is 0. The van der Waals surface area contributed by atoms with E-state index in [0.29, 0.717) is 0 Å². The van der Waals surface area contributed by atoms with Crippen molar-refractivity contribution in [3.63, 3.8) is 0 Å². The summed E-state index contributed by atoms with van der Waals surface area (Å²) in [5, 5.41) is 8.70. The molecular weight excluding hydrogens is 847 g/mol. The number of anilines is 3. The molecule has 0 aliphatic rings. The Morgan fingerprint density at radius 1 is 0.229 bits per heavy atom. The van der Waals surface area contributed by atoms with E-state index in [2.05, 4.69) is 260 Å². The first-order valence-corrected chi connectivity index (χ1v) is 24.0. The van der Waals surface area contributed by atoms with Gasteiger partial charge in [0.15, 0.2) is 0 Å². The molecule has 2 heteroatoms. The maximum absolute atomic E-state index is 6.20. The number of benzene rings is 12. The van der Waals surface area contributed by atoms with Crippen LogP contribution in [0.25, 0.3) is 110 Å². The minimum absolute atomic E-state index is 0.877. The van der Waals surface area contributed by atoms with E-state index in [4.69, 9.17) is 4.42 Å². The standard InChI is InChI=1S/C68H45NO/c1-4-15-63-52(9-1)12-8-17-65(63)54-25-23-47(24-26-54)49-31-38-61(39-32-49)69(62-40-33-51(34-41-62)56-35-42-66-57(43-56)28-27-53-10-2-5-16-64(53)66)60-36-29-48(30-37-60)46-19-21-50(22-20-46)55-13-7-14-58(44-55)68-45-59-11-3-6-18-67(59)70-68/h1-45H. The van der Waals surface area contributed by atoms with Gasteiger partial charge in [-0.15, -0.1) is 0 Å². The van der Waals surface area contributed by atoms with Crippen LogP contribution in [-0.4, -0.2) is 0 Å². The third-order valence-corrected chi connectivity index (χ3v) is 13.9. The van der Waals surface area contributed by atoms with Gasteiger partial charge in [0.1, 0.15) is 11.3 Å². The highest BCUT2D eigenvalue weighted by Gasteiger charge is 2.15. The molecule has 0 aliphatic heterocycles. The Hall–Kier alpha value is -9.24. The quantitative estimate of drug-likeness (QED) is 0.134. The highest BCUT2D eigenvalue weighted by molar-refractivity contribution is 6.08. The topological polar surface area (TPSA) is 16.4 Å². The molecule has 13 rings (SSSR count). The Bertz CT molecular complexity index is 3980. The van der Waals surface area contributed by atoms with Crippen LogP contribution < -0.4 is 4.90 Å². The minimum atomic E-state index is 0.877. The van der Waals surface area contributed by atoms with Gasteiger partial charge in [-0.25, -0.2) is 0 Å². The number of rotatable bonds is 9. The highest BCUT2D eigenvalue weighted by Crippen LogP contribution is 2.40. The maximum atomic E-state index is 6.20. The predicted molar refractivity (Wildman–Crippen MR) is 296 cm³/mol. The van der Waals surface area contributed by atoms with Gasteiger partial charge in [-0.1, -0.05) is 212 Å². The van der Waals surface area contributed by atoms with Gasteiger partial charge >= 0.3 is 0 Å². The fourth-order valence-corrected chi connectivity index (χ4v) is 10.2. The number of furan rings is 1. The monoisotopic (exact) mass is 891 g/mol. The first-order chi connectivity index (χ1) is 34.6. The summed E-state index contributed by atoms with van der Waals surface area (Å²) in [6, 6.07) is 98.6. The van der Waals surface area contributed by atoms with Gasteiger partial charge in [0.25, 0.3) is 0 Å². The van der Waals surface area contributed by atoms with Crippen molar-refractivity contribution in [1.29, 1.82) is 0 Å². The molecule has 0 bridgehead atoms. The lowest BCUT2D eigenvalue weighted by atomic mass is 9.96. The van der Waals surface area contributed by atoms with Crippen molar-refractivity contribution < 1.29 is 4.42 Å². The summed E-state index contributed by atoms with van der Waals surface area (Å²) >= 11 is 0. The predicted octanol–water partition coefficient (Wildman–Crippen LogP) is 19.4. The van der Waals surface area contributed by atoms with Crippen LogP contribution in [0.4, 0.5) is 17.1 Å². The van der Waals surface area contributed by atoms with E-state index < -0.39 is 0 Å². The van der Waals surface area contributed by atoms with Crippen LogP contribution in [0.3, 0.4) is 0 Å². The van der Waals surface area contributed by atoms with Gasteiger partial charge in [0.2, 0.25) is 0 Å². The number of nitrogens with zero attached hydrogens (tertiary/aromatic N) is 1. The first-order valence-electron chi connectivity index (χ1n) is 24.0. The lowest BCUT2D eigenvalue weighted by molar-refractivity contribution is 0.631. The fraction of sp³-hybridized carbons (Fsp3) is 0. The average molecular weight is 892 g/mol. The van der Waals surface area contributed by atoms with E-state index in [1.165, 1.54) is 71.3 Å². The molecule has 0 amide bonds. The van der Waals surface area contributed by atoms with Gasteiger partial charge in [-0.3, -0.25) is 0 Å². The van der Waals surface area contributed by atoms with E-state index in [1.54, 1.807) is 0 Å². The van der Waals surface area contributed by atoms with Crippen molar-refractivity contribution in [2.24, 2.45) is 0 Å². The molecule has 0 spiro atoms. The molecule has 12 aromatic carbocycles. The van der Waals surface area contributed by atoms with Crippen LogP contribution >= 0.6 is 0 Å². The Morgan fingerprint density at radius 3 is 1.26 bits per heavy atom. The second-order valence-corrected chi connectivity index (χ2v) is 18.1. The summed E-state index contributed by atoms with van der Waals surface area (Å²) in [5.74, 6) is 0.877. The van der Waals surface area contributed by atoms with Gasteiger partial charge in [0.05, 0.1) is 0 Å². The molecule has 2 nitrogen and oxygen atoms in total. The smallest absolute Gasteiger partial charge is 0.135 e. The zero-order valence-corrected chi connectivity index (χ0v) is 38.3. The minimum Gasteiger partial charge on any atom is -0.456 e. The van der Waals surface area contributed by atoms with Gasteiger partial charge in [-0.2, -0.15) is 0 Å². The fourth-order valence-electron chi connectivity index (χ4n) is 10.2. The Balaban J connectivity index is 0.804. The van der Waals surface area contributed by atoms with E-state index >= 15 is 0 Å². The van der Waals surface area contributed by atoms with Crippen LogP contribution in [0.2, 0.25) is 0 Å². The molecular formula is C68H45NO. The first kappa shape index (κ1) is 41.0. The summed E-state index contributed by atoms with van der Waals surface area (Å²) in [7, 11) is 0. The summed E-state index contributed by atoms with van der Waals surface area (Å²) < 4.78 is 6.20. The Morgan fingerprint density at radius 2 is 0.643 bits per heavy atom. The third kappa shape index (κ3) is 7.68. The molecule has 0 saturated heterocycles. The second kappa shape index (κ2) is 17.4. The van der Waals surface area contributed by atoms with Crippen LogP contribution in [0.1, 0.15) is 0 Å². The second-order valence-electron chi connectivity index (χ2n) is 18.1. The number of fused-ring (bicyclic) bond motifs is 5. The number of para-hydroxylation sites is 1. The summed E-state index contributed by atoms with van der Waals surface area (Å²) in [4.78, 5) is 2.35. The van der Waals surface area contributed by atoms with Crippen molar-refractivity contribution in [2.75, 3.05) is 4.90 Å². The molecule has 1 aromatic heterocycles. The molecule has 0 N–H and O–H groups in total. The molecule has 0 unspecified atom stereocenters. The maximum Gasteiger partial charge on any atom is 0.135 e. The molecule has 0 saturated carbocycles. The zero-order valence-electron chi connectivity index (χ0n) is 38.3. The zero-order chi connectivity index (χ0) is 46.4. The van der Waals surface area contributed by atoms with Crippen LogP contribution in [0.15, 0.2) is 277 Å². The summed E-state index contributed by atoms with van der Waals surface area (Å²) in [5.41, 5.74) is 17.1. The van der Waals surface area contributed by atoms with E-state index in [-0.39, 0.29) is 0 Å². The van der Waals surface area contributed by atoms with Crippen LogP contribution in [0, 0.1) is 0 Å². The number of hydrogen-bond acceptors (Lipinski definition) is 2. The molecule has 1 heterocycles. The lowest BCUT2D eigenvalue weighted by Gasteiger charge is -2.26. The molecule has 70 heavy (non-hydrogen) atoms. The molecule has 0 radical (unpaired) electrons. The lowest BCUT2D eigenvalue weighted by Crippen LogP contribution is -2.09. The van der Waals surface area contributed by atoms with Crippen LogP contribution in [0.5, 0.6) is 0 Å². The third-order valence-electron chi connectivity index (χ3n) is 13.9. The molecule has 0 atom stereocenters. The van der Waals surface area contributed by atoms with Crippen molar-refractivity contribution in [1.82, 2.24) is 0 Å². The van der Waals surface area contributed by atoms with E-state index in [1.807, 2.05) is 18.2 Å². The van der Waals surface area contributed by atoms with Gasteiger partial charge < -0.3 is 9.32 Å². The van der Waals surface area contributed by atoms with Crippen LogP contribution in [-0.2, 0) is 0 Å². The Labute approximate surface area is 407 Å². The SMILES string of the molecule is c1cc(-c2ccc(-c3ccc(N(c4ccc(-c5ccc(-c6cccc7ccccc67)cc5)cc4)c4ccc(-c5ccc6c(ccc7ccccc76)c5)cc4)cc3)cc2)cc(-c2cc3ccccc3o2)c1.